The lowest BCUT2D eigenvalue weighted by Gasteiger charge is -2.08. The molecule has 4 rings (SSSR count). The number of aromatic nitrogens is 2. The van der Waals surface area contributed by atoms with Crippen LogP contribution < -0.4 is 14.8 Å². The van der Waals surface area contributed by atoms with Crippen molar-refractivity contribution < 1.29 is 18.8 Å². The fourth-order valence-electron chi connectivity index (χ4n) is 2.86. The van der Waals surface area contributed by atoms with Gasteiger partial charge in [-0.1, -0.05) is 35.0 Å². The van der Waals surface area contributed by atoms with Gasteiger partial charge in [-0.2, -0.15) is 0 Å². The maximum atomic E-state index is 12.5. The number of methoxy groups -OCH3 is 2. The number of anilines is 1. The molecule has 7 nitrogen and oxygen atoms in total. The molecule has 0 saturated carbocycles. The van der Waals surface area contributed by atoms with Gasteiger partial charge in [-0.3, -0.25) is 10.1 Å². The van der Waals surface area contributed by atoms with Crippen LogP contribution in [0, 0.1) is 6.92 Å². The maximum Gasteiger partial charge on any atom is 0.296 e. The molecule has 2 aromatic heterocycles. The third-order valence-electron chi connectivity index (χ3n) is 4.49. The summed E-state index contributed by atoms with van der Waals surface area (Å²) in [6.45, 7) is 2.01. The maximum absolute atomic E-state index is 12.5. The summed E-state index contributed by atoms with van der Waals surface area (Å²) in [5.41, 5.74) is 4.20. The summed E-state index contributed by atoms with van der Waals surface area (Å²) < 4.78 is 15.8. The van der Waals surface area contributed by atoms with E-state index in [1.54, 1.807) is 20.3 Å². The van der Waals surface area contributed by atoms with Crippen LogP contribution in [0.2, 0.25) is 0 Å². The van der Waals surface area contributed by atoms with Crippen LogP contribution in [-0.2, 0) is 0 Å². The molecule has 1 N–H and O–H groups in total. The Balaban J connectivity index is 1.49. The fraction of sp³-hybridized carbons (Fsp3) is 0.136. The molecule has 0 aliphatic heterocycles. The highest BCUT2D eigenvalue weighted by Crippen LogP contribution is 2.33. The molecule has 0 fully saturated rings. The highest BCUT2D eigenvalue weighted by molar-refractivity contribution is 7.14. The number of aryl methyl sites for hydroxylation is 1. The van der Waals surface area contributed by atoms with Crippen LogP contribution in [0.15, 0.2) is 58.4 Å². The Hall–Kier alpha value is -3.65. The van der Waals surface area contributed by atoms with Gasteiger partial charge in [0.1, 0.15) is 5.69 Å². The molecular weight excluding hydrogens is 402 g/mol. The van der Waals surface area contributed by atoms with Crippen LogP contribution in [-0.4, -0.2) is 30.3 Å². The molecule has 0 unspecified atom stereocenters. The van der Waals surface area contributed by atoms with Gasteiger partial charge in [0, 0.05) is 22.6 Å². The zero-order valence-electron chi connectivity index (χ0n) is 16.6. The van der Waals surface area contributed by atoms with E-state index >= 15 is 0 Å². The van der Waals surface area contributed by atoms with Crippen molar-refractivity contribution in [1.29, 1.82) is 0 Å². The Labute approximate surface area is 177 Å². The summed E-state index contributed by atoms with van der Waals surface area (Å²) in [7, 11) is 3.17. The molecule has 8 heteroatoms. The molecular formula is C22H19N3O4S. The minimum Gasteiger partial charge on any atom is -0.493 e. The number of carbonyl (C=O) groups excluding carboxylic acids is 1. The Morgan fingerprint density at radius 2 is 1.70 bits per heavy atom. The Morgan fingerprint density at radius 3 is 2.43 bits per heavy atom. The topological polar surface area (TPSA) is 86.5 Å². The third kappa shape index (κ3) is 4.04. The van der Waals surface area contributed by atoms with Crippen LogP contribution in [0.4, 0.5) is 5.13 Å². The zero-order valence-corrected chi connectivity index (χ0v) is 17.4. The average molecular weight is 421 g/mol. The first-order valence-corrected chi connectivity index (χ1v) is 9.98. The van der Waals surface area contributed by atoms with Crippen LogP contribution >= 0.6 is 11.3 Å². The normalized spacial score (nSPS) is 10.6. The van der Waals surface area contributed by atoms with Gasteiger partial charge < -0.3 is 14.0 Å². The lowest BCUT2D eigenvalue weighted by atomic mass is 10.1. The second-order valence-electron chi connectivity index (χ2n) is 6.50. The largest absolute Gasteiger partial charge is 0.493 e. The van der Waals surface area contributed by atoms with Gasteiger partial charge in [-0.05, 0) is 25.1 Å². The van der Waals surface area contributed by atoms with E-state index in [2.05, 4.69) is 15.5 Å². The van der Waals surface area contributed by atoms with Crippen molar-refractivity contribution in [1.82, 2.24) is 10.1 Å². The predicted octanol–water partition coefficient (Wildman–Crippen LogP) is 5.04. The van der Waals surface area contributed by atoms with E-state index in [-0.39, 0.29) is 5.76 Å². The minimum absolute atomic E-state index is 0.119. The third-order valence-corrected chi connectivity index (χ3v) is 5.24. The molecule has 152 valence electrons. The second-order valence-corrected chi connectivity index (χ2v) is 7.36. The average Bonchev–Trinajstić information content (AvgIpc) is 3.44. The number of thiazole rings is 1. The first kappa shape index (κ1) is 19.7. The lowest BCUT2D eigenvalue weighted by molar-refractivity contribution is 0.0988. The number of benzene rings is 2. The number of rotatable bonds is 6. The van der Waals surface area contributed by atoms with E-state index in [0.29, 0.717) is 28.0 Å². The number of amides is 1. The quantitative estimate of drug-likeness (QED) is 0.469. The SMILES string of the molecule is COc1ccc(-c2csc(NC(=O)c3cc(-c4ccc(C)cc4)no3)n2)cc1OC. The van der Waals surface area contributed by atoms with Crippen molar-refractivity contribution in [3.8, 4) is 34.0 Å². The van der Waals surface area contributed by atoms with Crippen molar-refractivity contribution >= 4 is 22.4 Å². The molecule has 30 heavy (non-hydrogen) atoms. The predicted molar refractivity (Wildman–Crippen MR) is 115 cm³/mol. The van der Waals surface area contributed by atoms with E-state index in [1.165, 1.54) is 11.3 Å². The number of ether oxygens (including phenoxy) is 2. The monoisotopic (exact) mass is 421 g/mol. The van der Waals surface area contributed by atoms with Crippen LogP contribution in [0.5, 0.6) is 11.5 Å². The Bertz CT molecular complexity index is 1180. The molecule has 0 bridgehead atoms. The van der Waals surface area contributed by atoms with Gasteiger partial charge in [0.15, 0.2) is 16.6 Å². The van der Waals surface area contributed by atoms with Gasteiger partial charge in [0.25, 0.3) is 5.91 Å². The molecule has 0 saturated heterocycles. The lowest BCUT2D eigenvalue weighted by Crippen LogP contribution is -2.10. The highest BCUT2D eigenvalue weighted by Gasteiger charge is 2.16. The molecule has 0 atom stereocenters. The number of hydrogen-bond acceptors (Lipinski definition) is 7. The van der Waals surface area contributed by atoms with Gasteiger partial charge in [-0.25, -0.2) is 4.98 Å². The molecule has 2 aromatic carbocycles. The van der Waals surface area contributed by atoms with Crippen LogP contribution in [0.1, 0.15) is 16.1 Å². The minimum atomic E-state index is -0.408. The number of nitrogens with one attached hydrogen (secondary N) is 1. The van der Waals surface area contributed by atoms with Crippen molar-refractivity contribution in [3.05, 3.63) is 65.2 Å². The standard InChI is InChI=1S/C22H19N3O4S/c1-13-4-6-14(7-5-13)16-11-20(29-25-16)21(26)24-22-23-17(12-30-22)15-8-9-18(27-2)19(10-15)28-3/h4-12H,1-3H3,(H,23,24,26). The van der Waals surface area contributed by atoms with Crippen molar-refractivity contribution in [2.75, 3.05) is 19.5 Å². The van der Waals surface area contributed by atoms with Gasteiger partial charge in [-0.15, -0.1) is 11.3 Å². The first-order chi connectivity index (χ1) is 14.6. The van der Waals surface area contributed by atoms with Crippen molar-refractivity contribution in [2.45, 2.75) is 6.92 Å². The van der Waals surface area contributed by atoms with E-state index in [9.17, 15) is 4.79 Å². The van der Waals surface area contributed by atoms with Crippen LogP contribution in [0.25, 0.3) is 22.5 Å². The van der Waals surface area contributed by atoms with Gasteiger partial charge in [0.2, 0.25) is 5.76 Å². The Morgan fingerprint density at radius 1 is 0.967 bits per heavy atom. The van der Waals surface area contributed by atoms with E-state index in [1.807, 2.05) is 54.8 Å². The van der Waals surface area contributed by atoms with Gasteiger partial charge >= 0.3 is 0 Å². The summed E-state index contributed by atoms with van der Waals surface area (Å²) in [6, 6.07) is 15.0. The van der Waals surface area contributed by atoms with E-state index < -0.39 is 5.91 Å². The molecule has 1 amide bonds. The van der Waals surface area contributed by atoms with Crippen molar-refractivity contribution in [3.63, 3.8) is 0 Å². The molecule has 4 aromatic rings. The zero-order chi connectivity index (χ0) is 21.1. The fourth-order valence-corrected chi connectivity index (χ4v) is 3.58. The summed E-state index contributed by atoms with van der Waals surface area (Å²) in [5, 5.41) is 9.05. The highest BCUT2D eigenvalue weighted by atomic mass is 32.1. The van der Waals surface area contributed by atoms with E-state index in [0.717, 1.165) is 16.7 Å². The summed E-state index contributed by atoms with van der Waals surface area (Å²) >= 11 is 1.32. The van der Waals surface area contributed by atoms with Crippen molar-refractivity contribution in [2.24, 2.45) is 0 Å². The Kier molecular flexibility index (Phi) is 5.49. The summed E-state index contributed by atoms with van der Waals surface area (Å²) in [4.78, 5) is 17.0. The van der Waals surface area contributed by atoms with Crippen LogP contribution in [0.3, 0.4) is 0 Å². The number of carbonyl (C=O) groups is 1. The van der Waals surface area contributed by atoms with Gasteiger partial charge in [0.05, 0.1) is 19.9 Å². The summed E-state index contributed by atoms with van der Waals surface area (Å²) in [6.07, 6.45) is 0. The number of nitrogens with zero attached hydrogens (tertiary/aromatic N) is 2. The van der Waals surface area contributed by atoms with E-state index in [4.69, 9.17) is 14.0 Å². The molecule has 0 spiro atoms. The molecule has 0 aliphatic rings. The molecule has 2 heterocycles. The molecule has 0 radical (unpaired) electrons. The second kappa shape index (κ2) is 8.38. The molecule has 0 aliphatic carbocycles. The smallest absolute Gasteiger partial charge is 0.296 e. The number of hydrogen-bond donors (Lipinski definition) is 1. The summed E-state index contributed by atoms with van der Waals surface area (Å²) in [5.74, 6) is 0.959. The first-order valence-electron chi connectivity index (χ1n) is 9.10.